The lowest BCUT2D eigenvalue weighted by Gasteiger charge is -2.13. The van der Waals surface area contributed by atoms with Crippen molar-refractivity contribution in [1.82, 2.24) is 5.32 Å². The molecule has 2 amide bonds. The molecular formula is C26H27N3O4. The van der Waals surface area contributed by atoms with E-state index in [0.29, 0.717) is 35.2 Å². The number of hydrogen-bond donors (Lipinski definition) is 3. The average Bonchev–Trinajstić information content (AvgIpc) is 3.29. The molecule has 0 bridgehead atoms. The lowest BCUT2D eigenvalue weighted by molar-refractivity contribution is -0.114. The molecule has 1 heterocycles. The Kier molecular flexibility index (Phi) is 6.78. The minimum atomic E-state index is -0.235. The number of rotatable bonds is 8. The van der Waals surface area contributed by atoms with Crippen molar-refractivity contribution < 1.29 is 19.1 Å². The van der Waals surface area contributed by atoms with Crippen molar-refractivity contribution >= 4 is 23.2 Å². The first-order valence-electron chi connectivity index (χ1n) is 10.9. The zero-order valence-corrected chi connectivity index (χ0v) is 18.7. The molecule has 0 unspecified atom stereocenters. The van der Waals surface area contributed by atoms with Gasteiger partial charge in [-0.2, -0.15) is 0 Å². The number of nitrogens with one attached hydrogen (secondary N) is 3. The largest absolute Gasteiger partial charge is 0.454 e. The fraction of sp³-hybridized carbons (Fsp3) is 0.231. The highest BCUT2D eigenvalue weighted by atomic mass is 16.7. The van der Waals surface area contributed by atoms with Crippen molar-refractivity contribution in [2.45, 2.75) is 26.3 Å². The van der Waals surface area contributed by atoms with Gasteiger partial charge in [-0.3, -0.25) is 9.59 Å². The molecular weight excluding hydrogens is 418 g/mol. The van der Waals surface area contributed by atoms with Crippen LogP contribution in [0.15, 0.2) is 66.7 Å². The van der Waals surface area contributed by atoms with Crippen molar-refractivity contribution in [1.29, 1.82) is 0 Å². The van der Waals surface area contributed by atoms with Crippen LogP contribution in [0.5, 0.6) is 11.5 Å². The van der Waals surface area contributed by atoms with Crippen LogP contribution in [0.2, 0.25) is 0 Å². The van der Waals surface area contributed by atoms with E-state index in [1.54, 1.807) is 18.2 Å². The predicted octanol–water partition coefficient (Wildman–Crippen LogP) is 4.52. The molecule has 0 aliphatic carbocycles. The monoisotopic (exact) mass is 445 g/mol. The van der Waals surface area contributed by atoms with E-state index >= 15 is 0 Å². The van der Waals surface area contributed by atoms with Crippen LogP contribution in [0.25, 0.3) is 0 Å². The van der Waals surface area contributed by atoms with E-state index in [0.717, 1.165) is 16.8 Å². The molecule has 0 atom stereocenters. The van der Waals surface area contributed by atoms with Gasteiger partial charge in [-0.1, -0.05) is 44.2 Å². The zero-order valence-electron chi connectivity index (χ0n) is 18.7. The third kappa shape index (κ3) is 5.63. The van der Waals surface area contributed by atoms with Crippen LogP contribution in [-0.4, -0.2) is 25.2 Å². The Morgan fingerprint density at radius 2 is 1.76 bits per heavy atom. The molecule has 4 rings (SSSR count). The molecule has 3 N–H and O–H groups in total. The number of benzene rings is 3. The van der Waals surface area contributed by atoms with Gasteiger partial charge in [0.1, 0.15) is 0 Å². The van der Waals surface area contributed by atoms with Crippen molar-refractivity contribution in [3.8, 4) is 11.5 Å². The molecule has 170 valence electrons. The first kappa shape index (κ1) is 22.2. The van der Waals surface area contributed by atoms with E-state index in [1.165, 1.54) is 0 Å². The number of anilines is 2. The highest BCUT2D eigenvalue weighted by Crippen LogP contribution is 2.32. The Morgan fingerprint density at radius 1 is 0.939 bits per heavy atom. The molecule has 0 aromatic heterocycles. The summed E-state index contributed by atoms with van der Waals surface area (Å²) in [4.78, 5) is 25.3. The van der Waals surface area contributed by atoms with Crippen LogP contribution < -0.4 is 25.4 Å². The van der Waals surface area contributed by atoms with Crippen LogP contribution in [0.4, 0.5) is 11.4 Å². The Bertz CT molecular complexity index is 1160. The SMILES string of the molecule is CC(C)c1cccc(NC(=O)CNc2ccccc2C(=O)NCc2ccc3c(c2)OCO3)c1. The fourth-order valence-electron chi connectivity index (χ4n) is 3.52. The van der Waals surface area contributed by atoms with Crippen LogP contribution >= 0.6 is 0 Å². The van der Waals surface area contributed by atoms with Gasteiger partial charge in [-0.15, -0.1) is 0 Å². The summed E-state index contributed by atoms with van der Waals surface area (Å²) in [6, 6.07) is 20.5. The van der Waals surface area contributed by atoms with E-state index in [4.69, 9.17) is 9.47 Å². The van der Waals surface area contributed by atoms with Crippen LogP contribution in [0.3, 0.4) is 0 Å². The lowest BCUT2D eigenvalue weighted by atomic mass is 10.0. The highest BCUT2D eigenvalue weighted by Gasteiger charge is 2.15. The number of fused-ring (bicyclic) bond motifs is 1. The summed E-state index contributed by atoms with van der Waals surface area (Å²) in [6.45, 7) is 4.81. The Hall–Kier alpha value is -4.00. The summed E-state index contributed by atoms with van der Waals surface area (Å²) < 4.78 is 10.7. The van der Waals surface area contributed by atoms with Gasteiger partial charge < -0.3 is 25.4 Å². The minimum Gasteiger partial charge on any atom is -0.454 e. The van der Waals surface area contributed by atoms with Gasteiger partial charge in [-0.25, -0.2) is 0 Å². The van der Waals surface area contributed by atoms with Gasteiger partial charge in [0, 0.05) is 17.9 Å². The molecule has 0 radical (unpaired) electrons. The van der Waals surface area contributed by atoms with Crippen molar-refractivity contribution in [3.05, 3.63) is 83.4 Å². The summed E-state index contributed by atoms with van der Waals surface area (Å²) in [6.07, 6.45) is 0. The topological polar surface area (TPSA) is 88.7 Å². The predicted molar refractivity (Wildman–Crippen MR) is 128 cm³/mol. The number of carbonyl (C=O) groups is 2. The Morgan fingerprint density at radius 3 is 2.61 bits per heavy atom. The lowest BCUT2D eigenvalue weighted by Crippen LogP contribution is -2.26. The maximum atomic E-state index is 12.8. The number of carbonyl (C=O) groups excluding carboxylic acids is 2. The number of hydrogen-bond acceptors (Lipinski definition) is 5. The summed E-state index contributed by atoms with van der Waals surface area (Å²) in [5.41, 5.74) is 3.87. The zero-order chi connectivity index (χ0) is 23.2. The van der Waals surface area contributed by atoms with Crippen LogP contribution in [-0.2, 0) is 11.3 Å². The standard InChI is InChI=1S/C26H27N3O4/c1-17(2)19-6-5-7-20(13-19)29-25(30)15-27-22-9-4-3-8-21(22)26(31)28-14-18-10-11-23-24(12-18)33-16-32-23/h3-13,17,27H,14-16H2,1-2H3,(H,28,31)(H,29,30). The van der Waals surface area contributed by atoms with Crippen LogP contribution in [0, 0.1) is 0 Å². The van der Waals surface area contributed by atoms with Gasteiger partial charge in [0.15, 0.2) is 11.5 Å². The molecule has 0 fully saturated rings. The van der Waals surface area contributed by atoms with Gasteiger partial charge in [0.2, 0.25) is 12.7 Å². The van der Waals surface area contributed by atoms with E-state index in [2.05, 4.69) is 29.8 Å². The molecule has 33 heavy (non-hydrogen) atoms. The van der Waals surface area contributed by atoms with Gasteiger partial charge >= 0.3 is 0 Å². The highest BCUT2D eigenvalue weighted by molar-refractivity contribution is 6.00. The van der Waals surface area contributed by atoms with Crippen molar-refractivity contribution in [3.63, 3.8) is 0 Å². The summed E-state index contributed by atoms with van der Waals surface area (Å²) in [5, 5.41) is 8.89. The Labute approximate surface area is 193 Å². The molecule has 0 saturated carbocycles. The molecule has 7 nitrogen and oxygen atoms in total. The number of amides is 2. The maximum Gasteiger partial charge on any atom is 0.253 e. The number of ether oxygens (including phenoxy) is 2. The summed E-state index contributed by atoms with van der Waals surface area (Å²) in [7, 11) is 0. The second-order valence-electron chi connectivity index (χ2n) is 8.10. The molecule has 1 aliphatic heterocycles. The summed E-state index contributed by atoms with van der Waals surface area (Å²) >= 11 is 0. The minimum absolute atomic E-state index is 0.0400. The van der Waals surface area contributed by atoms with Crippen LogP contribution in [0.1, 0.15) is 41.3 Å². The van der Waals surface area contributed by atoms with Gasteiger partial charge in [-0.05, 0) is 53.4 Å². The second kappa shape index (κ2) is 10.1. The average molecular weight is 446 g/mol. The van der Waals surface area contributed by atoms with E-state index in [-0.39, 0.29) is 25.2 Å². The van der Waals surface area contributed by atoms with Gasteiger partial charge in [0.25, 0.3) is 5.91 Å². The van der Waals surface area contributed by atoms with Crippen molar-refractivity contribution in [2.75, 3.05) is 24.0 Å². The summed E-state index contributed by atoms with van der Waals surface area (Å²) in [5.74, 6) is 1.33. The van der Waals surface area contributed by atoms with E-state index in [1.807, 2.05) is 48.5 Å². The van der Waals surface area contributed by atoms with E-state index in [9.17, 15) is 9.59 Å². The Balaban J connectivity index is 1.34. The molecule has 0 spiro atoms. The molecule has 0 saturated heterocycles. The molecule has 3 aromatic rings. The third-order valence-corrected chi connectivity index (χ3v) is 5.34. The second-order valence-corrected chi connectivity index (χ2v) is 8.10. The fourth-order valence-corrected chi connectivity index (χ4v) is 3.52. The van der Waals surface area contributed by atoms with E-state index < -0.39 is 0 Å². The quantitative estimate of drug-likeness (QED) is 0.474. The molecule has 7 heteroatoms. The first-order valence-corrected chi connectivity index (χ1v) is 10.9. The van der Waals surface area contributed by atoms with Gasteiger partial charge in [0.05, 0.1) is 12.1 Å². The normalized spacial score (nSPS) is 11.8. The third-order valence-electron chi connectivity index (χ3n) is 5.34. The first-order chi connectivity index (χ1) is 16.0. The molecule has 1 aliphatic rings. The maximum absolute atomic E-state index is 12.8. The molecule has 3 aromatic carbocycles. The van der Waals surface area contributed by atoms with Crippen molar-refractivity contribution in [2.24, 2.45) is 0 Å². The number of para-hydroxylation sites is 1. The smallest absolute Gasteiger partial charge is 0.253 e.